The van der Waals surface area contributed by atoms with Gasteiger partial charge < -0.3 is 29.6 Å². The lowest BCUT2D eigenvalue weighted by atomic mass is 10.4. The van der Waals surface area contributed by atoms with Crippen molar-refractivity contribution >= 4 is 45.9 Å². The van der Waals surface area contributed by atoms with Crippen LogP contribution in [-0.4, -0.2) is 86.4 Å². The summed E-state index contributed by atoms with van der Waals surface area (Å²) in [6.07, 6.45) is 0.575. The van der Waals surface area contributed by atoms with E-state index in [2.05, 4.69) is 40.3 Å². The molecule has 0 atom stereocenters. The fraction of sp³-hybridized carbons (Fsp3) is 0.833. The first-order valence-electron chi connectivity index (χ1n) is 7.33. The Kier molecular flexibility index (Phi) is 12.9. The molecule has 0 aliphatic heterocycles. The maximum Gasteiger partial charge on any atom is 0.495 e. The SMILES string of the molecule is CO[Si](O)(O)CCCNCCN(CCNC(=O)CS)C(=O)CS. The van der Waals surface area contributed by atoms with E-state index in [0.717, 1.165) is 0 Å². The highest BCUT2D eigenvalue weighted by Crippen LogP contribution is 2.04. The Balaban J connectivity index is 3.93. The molecule has 8 nitrogen and oxygen atoms in total. The van der Waals surface area contributed by atoms with Crippen molar-refractivity contribution in [2.45, 2.75) is 12.5 Å². The van der Waals surface area contributed by atoms with E-state index < -0.39 is 8.80 Å². The van der Waals surface area contributed by atoms with Gasteiger partial charge in [-0.2, -0.15) is 25.3 Å². The molecule has 0 rings (SSSR count). The molecule has 0 aliphatic rings. The molecule has 0 saturated heterocycles. The van der Waals surface area contributed by atoms with Gasteiger partial charge in [-0.25, -0.2) is 0 Å². The summed E-state index contributed by atoms with van der Waals surface area (Å²) >= 11 is 7.84. The lowest BCUT2D eigenvalue weighted by Gasteiger charge is -2.22. The van der Waals surface area contributed by atoms with Crippen LogP contribution in [0.4, 0.5) is 0 Å². The number of carbonyl (C=O) groups excluding carboxylic acids is 2. The molecule has 0 bridgehead atoms. The average Bonchev–Trinajstić information content (AvgIpc) is 2.55. The summed E-state index contributed by atoms with van der Waals surface area (Å²) in [7, 11) is -2.19. The zero-order valence-electron chi connectivity index (χ0n) is 13.3. The third-order valence-corrected chi connectivity index (χ3v) is 5.29. The molecular weight excluding hydrogens is 358 g/mol. The van der Waals surface area contributed by atoms with Crippen molar-refractivity contribution in [1.29, 1.82) is 0 Å². The minimum atomic E-state index is -3.48. The van der Waals surface area contributed by atoms with Gasteiger partial charge in [-0.3, -0.25) is 9.59 Å². The largest absolute Gasteiger partial charge is 0.495 e. The van der Waals surface area contributed by atoms with Crippen LogP contribution in [0.15, 0.2) is 0 Å². The smallest absolute Gasteiger partial charge is 0.390 e. The van der Waals surface area contributed by atoms with Gasteiger partial charge in [0.1, 0.15) is 0 Å². The van der Waals surface area contributed by atoms with Crippen LogP contribution < -0.4 is 10.6 Å². The Hall–Kier alpha value is -0.303. The van der Waals surface area contributed by atoms with Crippen LogP contribution >= 0.6 is 25.3 Å². The molecule has 0 aliphatic carbocycles. The van der Waals surface area contributed by atoms with Gasteiger partial charge in [0.05, 0.1) is 11.5 Å². The standard InChI is InChI=1S/C12H27N3O5S2Si/c1-20-23(18,19)8-2-3-13-4-6-15(12(17)10-22)7-5-14-11(16)9-21/h13,18-19,21-22H,2-10H2,1H3,(H,14,16). The third kappa shape index (κ3) is 11.8. The summed E-state index contributed by atoms with van der Waals surface area (Å²) in [5.74, 6) is -0.0583. The van der Waals surface area contributed by atoms with Gasteiger partial charge in [0, 0.05) is 39.3 Å². The average molecular weight is 386 g/mol. The normalized spacial score (nSPS) is 11.3. The van der Waals surface area contributed by atoms with Gasteiger partial charge >= 0.3 is 8.80 Å². The van der Waals surface area contributed by atoms with Crippen molar-refractivity contribution in [3.05, 3.63) is 0 Å². The molecule has 0 spiro atoms. The van der Waals surface area contributed by atoms with Crippen LogP contribution in [0.3, 0.4) is 0 Å². The summed E-state index contributed by atoms with van der Waals surface area (Å²) in [6, 6.07) is 0.228. The first-order valence-corrected chi connectivity index (χ1v) is 10.6. The zero-order chi connectivity index (χ0) is 17.7. The monoisotopic (exact) mass is 385 g/mol. The van der Waals surface area contributed by atoms with E-state index in [1.165, 1.54) is 7.11 Å². The molecule has 2 amide bonds. The fourth-order valence-electron chi connectivity index (χ4n) is 1.73. The predicted octanol–water partition coefficient (Wildman–Crippen LogP) is -1.66. The molecule has 4 N–H and O–H groups in total. The minimum absolute atomic E-state index is 0.105. The molecule has 0 saturated carbocycles. The van der Waals surface area contributed by atoms with Crippen molar-refractivity contribution in [3.8, 4) is 0 Å². The first kappa shape index (κ1) is 22.7. The van der Waals surface area contributed by atoms with E-state index in [-0.39, 0.29) is 29.4 Å². The van der Waals surface area contributed by atoms with Crippen LogP contribution in [0.25, 0.3) is 0 Å². The van der Waals surface area contributed by atoms with Crippen LogP contribution in [0, 0.1) is 0 Å². The van der Waals surface area contributed by atoms with Gasteiger partial charge in [-0.1, -0.05) is 0 Å². The summed E-state index contributed by atoms with van der Waals surface area (Å²) in [5, 5.41) is 5.78. The maximum atomic E-state index is 11.8. The van der Waals surface area contributed by atoms with E-state index >= 15 is 0 Å². The van der Waals surface area contributed by atoms with Crippen molar-refractivity contribution in [1.82, 2.24) is 15.5 Å². The first-order chi connectivity index (χ1) is 10.9. The number of amides is 2. The van der Waals surface area contributed by atoms with Crippen LogP contribution in [0.1, 0.15) is 6.42 Å². The number of carbonyl (C=O) groups is 2. The molecule has 0 aromatic heterocycles. The lowest BCUT2D eigenvalue weighted by molar-refractivity contribution is -0.128. The summed E-state index contributed by atoms with van der Waals surface area (Å²) < 4.78 is 4.62. The quantitative estimate of drug-likeness (QED) is 0.129. The topological polar surface area (TPSA) is 111 Å². The number of hydrogen-bond donors (Lipinski definition) is 6. The second-order valence-corrected chi connectivity index (χ2v) is 7.87. The molecule has 136 valence electrons. The van der Waals surface area contributed by atoms with Gasteiger partial charge in [-0.05, 0) is 13.0 Å². The molecule has 0 aromatic carbocycles. The van der Waals surface area contributed by atoms with Crippen molar-refractivity contribution in [2.24, 2.45) is 0 Å². The zero-order valence-corrected chi connectivity index (χ0v) is 16.1. The Morgan fingerprint density at radius 3 is 2.35 bits per heavy atom. The maximum absolute atomic E-state index is 11.8. The van der Waals surface area contributed by atoms with Gasteiger partial charge in [0.15, 0.2) is 0 Å². The predicted molar refractivity (Wildman–Crippen MR) is 96.8 cm³/mol. The Morgan fingerprint density at radius 2 is 1.78 bits per heavy atom. The van der Waals surface area contributed by atoms with Crippen molar-refractivity contribution < 1.29 is 23.6 Å². The van der Waals surface area contributed by atoms with E-state index in [1.807, 2.05) is 0 Å². The van der Waals surface area contributed by atoms with Crippen molar-refractivity contribution in [2.75, 3.05) is 51.3 Å². The van der Waals surface area contributed by atoms with Crippen LogP contribution in [0.5, 0.6) is 0 Å². The highest BCUT2D eigenvalue weighted by molar-refractivity contribution is 7.81. The minimum Gasteiger partial charge on any atom is -0.390 e. The van der Waals surface area contributed by atoms with Gasteiger partial charge in [0.25, 0.3) is 0 Å². The fourth-order valence-corrected chi connectivity index (χ4v) is 2.89. The highest BCUT2D eigenvalue weighted by Gasteiger charge is 2.29. The molecule has 0 heterocycles. The molecule has 0 unspecified atom stereocenters. The van der Waals surface area contributed by atoms with E-state index in [4.69, 9.17) is 0 Å². The second kappa shape index (κ2) is 13.0. The number of rotatable bonds is 13. The Bertz CT molecular complexity index is 364. The van der Waals surface area contributed by atoms with E-state index in [0.29, 0.717) is 39.1 Å². The van der Waals surface area contributed by atoms with Gasteiger partial charge in [-0.15, -0.1) is 0 Å². The Morgan fingerprint density at radius 1 is 1.13 bits per heavy atom. The summed E-state index contributed by atoms with van der Waals surface area (Å²) in [4.78, 5) is 43.2. The van der Waals surface area contributed by atoms with Gasteiger partial charge in [0.2, 0.25) is 11.8 Å². The summed E-state index contributed by atoms with van der Waals surface area (Å²) in [6.45, 7) is 2.43. The molecule has 0 fully saturated rings. The third-order valence-electron chi connectivity index (χ3n) is 3.08. The van der Waals surface area contributed by atoms with Crippen LogP contribution in [0.2, 0.25) is 6.04 Å². The molecule has 23 heavy (non-hydrogen) atoms. The number of nitrogens with zero attached hydrogens (tertiary/aromatic N) is 1. The van der Waals surface area contributed by atoms with E-state index in [9.17, 15) is 19.2 Å². The van der Waals surface area contributed by atoms with Crippen molar-refractivity contribution in [3.63, 3.8) is 0 Å². The van der Waals surface area contributed by atoms with E-state index in [1.54, 1.807) is 4.90 Å². The molecule has 11 heteroatoms. The number of nitrogens with one attached hydrogen (secondary N) is 2. The number of hydrogen-bond acceptors (Lipinski definition) is 8. The molecular formula is C12H27N3O5S2Si. The molecule has 0 radical (unpaired) electrons. The lowest BCUT2D eigenvalue weighted by Crippen LogP contribution is -2.43. The Labute approximate surface area is 149 Å². The summed E-state index contributed by atoms with van der Waals surface area (Å²) in [5.41, 5.74) is 0. The number of thiol groups is 2. The second-order valence-electron chi connectivity index (χ2n) is 4.85. The highest BCUT2D eigenvalue weighted by atomic mass is 32.1. The molecule has 0 aromatic rings. The van der Waals surface area contributed by atoms with Crippen LogP contribution in [-0.2, 0) is 14.0 Å².